The number of ether oxygens (including phenoxy) is 1. The van der Waals surface area contributed by atoms with E-state index in [1.165, 1.54) is 0 Å². The van der Waals surface area contributed by atoms with Crippen molar-refractivity contribution in [3.05, 3.63) is 0 Å². The van der Waals surface area contributed by atoms with Crippen LogP contribution in [0.15, 0.2) is 0 Å². The molecule has 0 aromatic rings. The molecule has 2 aliphatic rings. The number of methoxy groups -OCH3 is 1. The molecule has 2 saturated heterocycles. The standard InChI is InChI=1S/C11H23N2O3P/c1-4-10-8-12(10)17(14,16-7-6-15-3)13-9-11(13)5-2/h10-11H,4-9H2,1-3H3/t10-,11-,12?,13?,17?/m1/s1. The molecular weight excluding hydrogens is 239 g/mol. The largest absolute Gasteiger partial charge is 0.382 e. The molecule has 100 valence electrons. The summed E-state index contributed by atoms with van der Waals surface area (Å²) in [5.74, 6) is 0. The van der Waals surface area contributed by atoms with Crippen molar-refractivity contribution in [1.82, 2.24) is 9.34 Å². The summed E-state index contributed by atoms with van der Waals surface area (Å²) in [5, 5.41) is 0. The minimum atomic E-state index is -2.73. The molecule has 0 aliphatic carbocycles. The number of hydrogen-bond donors (Lipinski definition) is 0. The van der Waals surface area contributed by atoms with Gasteiger partial charge in [0.25, 0.3) is 0 Å². The van der Waals surface area contributed by atoms with E-state index in [-0.39, 0.29) is 0 Å². The molecule has 0 N–H and O–H groups in total. The molecule has 2 rings (SSSR count). The summed E-state index contributed by atoms with van der Waals surface area (Å²) in [6.45, 7) is 6.99. The van der Waals surface area contributed by atoms with Crippen LogP contribution in [0.5, 0.6) is 0 Å². The summed E-state index contributed by atoms with van der Waals surface area (Å²) in [4.78, 5) is 0. The van der Waals surface area contributed by atoms with E-state index in [2.05, 4.69) is 13.8 Å². The lowest BCUT2D eigenvalue weighted by Gasteiger charge is -2.21. The highest BCUT2D eigenvalue weighted by molar-refractivity contribution is 7.54. The smallest absolute Gasteiger partial charge is 0.346 e. The highest BCUT2D eigenvalue weighted by Crippen LogP contribution is 2.65. The number of hydrogen-bond acceptors (Lipinski definition) is 3. The van der Waals surface area contributed by atoms with Crippen LogP contribution in [0.4, 0.5) is 0 Å². The summed E-state index contributed by atoms with van der Waals surface area (Å²) in [5.41, 5.74) is 0. The molecule has 0 aromatic heterocycles. The zero-order valence-electron chi connectivity index (χ0n) is 11.0. The van der Waals surface area contributed by atoms with Gasteiger partial charge in [0, 0.05) is 32.3 Å². The van der Waals surface area contributed by atoms with Gasteiger partial charge in [-0.2, -0.15) is 0 Å². The second-order valence-electron chi connectivity index (χ2n) is 4.68. The molecule has 0 radical (unpaired) electrons. The van der Waals surface area contributed by atoms with E-state index in [0.717, 1.165) is 25.9 Å². The topological polar surface area (TPSA) is 41.5 Å². The number of nitrogens with zero attached hydrogens (tertiary/aromatic N) is 2. The second kappa shape index (κ2) is 5.37. The van der Waals surface area contributed by atoms with E-state index in [1.807, 2.05) is 9.34 Å². The van der Waals surface area contributed by atoms with Gasteiger partial charge in [-0.05, 0) is 12.8 Å². The Labute approximate surface area is 104 Å². The van der Waals surface area contributed by atoms with Crippen molar-refractivity contribution < 1.29 is 13.8 Å². The van der Waals surface area contributed by atoms with Crippen LogP contribution < -0.4 is 0 Å². The minimum absolute atomic E-state index is 0.410. The van der Waals surface area contributed by atoms with E-state index in [0.29, 0.717) is 25.3 Å². The van der Waals surface area contributed by atoms with Crippen LogP contribution in [-0.4, -0.2) is 54.8 Å². The van der Waals surface area contributed by atoms with Crippen molar-refractivity contribution in [2.24, 2.45) is 0 Å². The first-order chi connectivity index (χ1) is 8.17. The Morgan fingerprint density at radius 2 is 1.65 bits per heavy atom. The fourth-order valence-corrected chi connectivity index (χ4v) is 5.02. The third kappa shape index (κ3) is 2.74. The van der Waals surface area contributed by atoms with Gasteiger partial charge in [-0.15, -0.1) is 0 Å². The van der Waals surface area contributed by atoms with Gasteiger partial charge in [0.15, 0.2) is 0 Å². The van der Waals surface area contributed by atoms with Gasteiger partial charge in [0.1, 0.15) is 0 Å². The lowest BCUT2D eigenvalue weighted by molar-refractivity contribution is 0.139. The summed E-state index contributed by atoms with van der Waals surface area (Å²) in [7, 11) is -1.10. The third-order valence-electron chi connectivity index (χ3n) is 3.51. The monoisotopic (exact) mass is 262 g/mol. The molecule has 2 unspecified atom stereocenters. The molecule has 0 spiro atoms. The normalized spacial score (nSPS) is 38.8. The van der Waals surface area contributed by atoms with Crippen LogP contribution >= 0.6 is 7.67 Å². The Morgan fingerprint density at radius 3 is 2.00 bits per heavy atom. The van der Waals surface area contributed by atoms with Gasteiger partial charge in [-0.1, -0.05) is 13.8 Å². The van der Waals surface area contributed by atoms with Gasteiger partial charge in [-0.25, -0.2) is 9.34 Å². The molecule has 0 amide bonds. The Bertz CT molecular complexity index is 291. The Balaban J connectivity index is 1.95. The van der Waals surface area contributed by atoms with Gasteiger partial charge >= 0.3 is 7.67 Å². The zero-order chi connectivity index (χ0) is 12.5. The summed E-state index contributed by atoms with van der Waals surface area (Å²) < 4.78 is 27.6. The molecular formula is C11H23N2O3P. The van der Waals surface area contributed by atoms with Gasteiger partial charge in [0.2, 0.25) is 0 Å². The maximum atomic E-state index is 12.9. The first-order valence-electron chi connectivity index (χ1n) is 6.45. The molecule has 2 heterocycles. The molecule has 2 aliphatic heterocycles. The predicted molar refractivity (Wildman–Crippen MR) is 67.0 cm³/mol. The van der Waals surface area contributed by atoms with Crippen molar-refractivity contribution >= 4 is 7.67 Å². The molecule has 4 atom stereocenters. The minimum Gasteiger partial charge on any atom is -0.382 e. The van der Waals surface area contributed by atoms with Crippen LogP contribution in [0, 0.1) is 0 Å². The maximum absolute atomic E-state index is 12.9. The zero-order valence-corrected chi connectivity index (χ0v) is 11.9. The fraction of sp³-hybridized carbons (Fsp3) is 1.00. The fourth-order valence-electron chi connectivity index (χ4n) is 2.17. The quantitative estimate of drug-likeness (QED) is 0.380. The van der Waals surface area contributed by atoms with Gasteiger partial charge < -0.3 is 9.26 Å². The number of rotatable bonds is 8. The van der Waals surface area contributed by atoms with Crippen molar-refractivity contribution in [3.8, 4) is 0 Å². The SMILES string of the molecule is CC[C@@H]1CN1P(=O)(OCCOC)N1C[C@H]1CC. The van der Waals surface area contributed by atoms with Crippen LogP contribution in [0.25, 0.3) is 0 Å². The van der Waals surface area contributed by atoms with Crippen LogP contribution in [-0.2, 0) is 13.8 Å². The summed E-state index contributed by atoms with van der Waals surface area (Å²) in [6, 6.07) is 0.892. The highest BCUT2D eigenvalue weighted by Gasteiger charge is 2.57. The van der Waals surface area contributed by atoms with E-state index >= 15 is 0 Å². The summed E-state index contributed by atoms with van der Waals surface area (Å²) in [6.07, 6.45) is 2.09. The van der Waals surface area contributed by atoms with Crippen LogP contribution in [0.3, 0.4) is 0 Å². The first kappa shape index (κ1) is 13.5. The average Bonchev–Trinajstić information content (AvgIpc) is 3.20. The Morgan fingerprint density at radius 1 is 1.12 bits per heavy atom. The van der Waals surface area contributed by atoms with E-state index < -0.39 is 7.67 Å². The molecule has 5 nitrogen and oxygen atoms in total. The van der Waals surface area contributed by atoms with Crippen molar-refractivity contribution in [3.63, 3.8) is 0 Å². The van der Waals surface area contributed by atoms with E-state index in [9.17, 15) is 4.57 Å². The van der Waals surface area contributed by atoms with Crippen LogP contribution in [0.1, 0.15) is 26.7 Å². The maximum Gasteiger partial charge on any atom is 0.346 e. The highest BCUT2D eigenvalue weighted by atomic mass is 31.2. The average molecular weight is 262 g/mol. The molecule has 2 fully saturated rings. The molecule has 0 bridgehead atoms. The molecule has 0 saturated carbocycles. The lowest BCUT2D eigenvalue weighted by Crippen LogP contribution is -2.14. The molecule has 17 heavy (non-hydrogen) atoms. The second-order valence-corrected chi connectivity index (χ2v) is 6.95. The van der Waals surface area contributed by atoms with Gasteiger partial charge in [0.05, 0.1) is 13.2 Å². The van der Waals surface area contributed by atoms with Gasteiger partial charge in [-0.3, -0.25) is 4.57 Å². The van der Waals surface area contributed by atoms with Crippen molar-refractivity contribution in [2.45, 2.75) is 38.8 Å². The van der Waals surface area contributed by atoms with Crippen molar-refractivity contribution in [1.29, 1.82) is 0 Å². The predicted octanol–water partition coefficient (Wildman–Crippen LogP) is 1.95. The molecule has 6 heteroatoms. The Hall–Kier alpha value is 0.0700. The Kier molecular flexibility index (Phi) is 4.26. The first-order valence-corrected chi connectivity index (χ1v) is 7.98. The lowest BCUT2D eigenvalue weighted by atomic mass is 10.4. The van der Waals surface area contributed by atoms with E-state index in [1.54, 1.807) is 7.11 Å². The van der Waals surface area contributed by atoms with E-state index in [4.69, 9.17) is 9.26 Å². The van der Waals surface area contributed by atoms with Crippen molar-refractivity contribution in [2.75, 3.05) is 33.4 Å². The third-order valence-corrected chi connectivity index (χ3v) is 6.31. The molecule has 0 aromatic carbocycles. The summed E-state index contributed by atoms with van der Waals surface area (Å²) >= 11 is 0. The van der Waals surface area contributed by atoms with Crippen LogP contribution in [0.2, 0.25) is 0 Å².